The third kappa shape index (κ3) is 5.06. The van der Waals surface area contributed by atoms with Gasteiger partial charge in [-0.05, 0) is 64.7 Å². The summed E-state index contributed by atoms with van der Waals surface area (Å²) < 4.78 is 14.3. The zero-order valence-electron chi connectivity index (χ0n) is 35.0. The van der Waals surface area contributed by atoms with Crippen LogP contribution in [0, 0.1) is 0 Å². The zero-order chi connectivity index (χ0) is 43.0. The second kappa shape index (κ2) is 13.6. The first-order valence-electron chi connectivity index (χ1n) is 22.1. The van der Waals surface area contributed by atoms with Crippen molar-refractivity contribution in [2.24, 2.45) is 0 Å². The van der Waals surface area contributed by atoms with Gasteiger partial charge in [-0.15, -0.1) is 22.7 Å². The molecular formula is C59H32N4OS2. The topological polar surface area (TPSA) is 56.7 Å². The molecule has 0 amide bonds. The normalized spacial score (nSPS) is 12.2. The third-order valence-corrected chi connectivity index (χ3v) is 15.7. The number of para-hydroxylation sites is 2. The first-order chi connectivity index (χ1) is 32.7. The Morgan fingerprint density at radius 2 is 0.879 bits per heavy atom. The highest BCUT2D eigenvalue weighted by Crippen LogP contribution is 2.49. The van der Waals surface area contributed by atoms with Crippen LogP contribution in [0.2, 0.25) is 0 Å². The highest BCUT2D eigenvalue weighted by Gasteiger charge is 2.28. The molecule has 0 aliphatic carbocycles. The number of furan rings is 1. The Balaban J connectivity index is 1.16. The molecule has 0 unspecified atom stereocenters. The van der Waals surface area contributed by atoms with Gasteiger partial charge in [0.05, 0.1) is 27.7 Å². The van der Waals surface area contributed by atoms with E-state index in [1.54, 1.807) is 22.7 Å². The van der Waals surface area contributed by atoms with Gasteiger partial charge in [0.2, 0.25) is 0 Å². The molecule has 5 aromatic heterocycles. The Bertz CT molecular complexity index is 4420. The van der Waals surface area contributed by atoms with Crippen molar-refractivity contribution in [2.75, 3.05) is 0 Å². The molecule has 15 rings (SSSR count). The summed E-state index contributed by atoms with van der Waals surface area (Å²) in [6.07, 6.45) is 0. The predicted octanol–water partition coefficient (Wildman–Crippen LogP) is 16.9. The summed E-state index contributed by atoms with van der Waals surface area (Å²) in [4.78, 5) is 17.0. The van der Waals surface area contributed by atoms with Gasteiger partial charge in [0.15, 0.2) is 17.5 Å². The number of thiophene rings is 2. The molecule has 306 valence electrons. The minimum absolute atomic E-state index is 0.591. The van der Waals surface area contributed by atoms with E-state index in [2.05, 4.69) is 193 Å². The number of benzene rings is 10. The van der Waals surface area contributed by atoms with Crippen molar-refractivity contribution in [3.05, 3.63) is 194 Å². The molecule has 7 heteroatoms. The Labute approximate surface area is 384 Å². The summed E-state index contributed by atoms with van der Waals surface area (Å²) in [6, 6.07) is 69.4. The maximum Gasteiger partial charge on any atom is 0.166 e. The third-order valence-electron chi connectivity index (χ3n) is 13.4. The average Bonchev–Trinajstić information content (AvgIpc) is 4.14. The Hall–Kier alpha value is -8.23. The maximum absolute atomic E-state index is 6.97. The fraction of sp³-hybridized carbons (Fsp3) is 0. The van der Waals surface area contributed by atoms with Gasteiger partial charge in [-0.2, -0.15) is 0 Å². The minimum Gasteiger partial charge on any atom is -0.455 e. The van der Waals surface area contributed by atoms with Crippen molar-refractivity contribution in [3.8, 4) is 39.9 Å². The molecule has 0 spiro atoms. The summed E-state index contributed by atoms with van der Waals surface area (Å²) in [5, 5.41) is 13.4. The van der Waals surface area contributed by atoms with Crippen molar-refractivity contribution in [1.82, 2.24) is 19.5 Å². The average molecular weight is 877 g/mol. The Morgan fingerprint density at radius 3 is 1.56 bits per heavy atom. The fourth-order valence-electron chi connectivity index (χ4n) is 10.6. The SMILES string of the molecule is c1ccc2cc3c(cc2c1)c1ccccc1n3-c1c(-c2nc(-c3cccc4sc5ccccc5c34)nc(-c3cccc4sc5ccccc5c34)n2)c2ccccc2c2oc3ccccc3c12. The first kappa shape index (κ1) is 36.1. The van der Waals surface area contributed by atoms with Crippen LogP contribution in [0.25, 0.3) is 145 Å². The van der Waals surface area contributed by atoms with Crippen LogP contribution >= 0.6 is 22.7 Å². The van der Waals surface area contributed by atoms with E-state index in [1.165, 1.54) is 51.1 Å². The van der Waals surface area contributed by atoms with E-state index in [0.717, 1.165) is 76.9 Å². The van der Waals surface area contributed by atoms with Crippen LogP contribution in [-0.2, 0) is 0 Å². The molecule has 0 bridgehead atoms. The van der Waals surface area contributed by atoms with Gasteiger partial charge in [-0.25, -0.2) is 15.0 Å². The molecule has 0 saturated heterocycles. The molecule has 0 aliphatic rings. The van der Waals surface area contributed by atoms with Crippen molar-refractivity contribution < 1.29 is 4.42 Å². The molecule has 66 heavy (non-hydrogen) atoms. The van der Waals surface area contributed by atoms with Crippen molar-refractivity contribution >= 4 is 128 Å². The largest absolute Gasteiger partial charge is 0.455 e. The molecular weight excluding hydrogens is 845 g/mol. The lowest BCUT2D eigenvalue weighted by molar-refractivity contribution is 0.672. The summed E-state index contributed by atoms with van der Waals surface area (Å²) in [5.41, 5.74) is 7.66. The van der Waals surface area contributed by atoms with Gasteiger partial charge in [-0.3, -0.25) is 0 Å². The van der Waals surface area contributed by atoms with Gasteiger partial charge < -0.3 is 8.98 Å². The van der Waals surface area contributed by atoms with E-state index in [1.807, 2.05) is 6.07 Å². The molecule has 0 radical (unpaired) electrons. The van der Waals surface area contributed by atoms with Gasteiger partial charge in [-0.1, -0.05) is 146 Å². The Morgan fingerprint density at radius 1 is 0.364 bits per heavy atom. The van der Waals surface area contributed by atoms with Gasteiger partial charge >= 0.3 is 0 Å². The smallest absolute Gasteiger partial charge is 0.166 e. The number of nitrogens with zero attached hydrogens (tertiary/aromatic N) is 4. The van der Waals surface area contributed by atoms with E-state index in [9.17, 15) is 0 Å². The fourth-order valence-corrected chi connectivity index (χ4v) is 12.9. The van der Waals surface area contributed by atoms with Crippen molar-refractivity contribution in [1.29, 1.82) is 0 Å². The van der Waals surface area contributed by atoms with E-state index in [4.69, 9.17) is 19.4 Å². The lowest BCUT2D eigenvalue weighted by Gasteiger charge is -2.19. The van der Waals surface area contributed by atoms with E-state index < -0.39 is 0 Å². The van der Waals surface area contributed by atoms with E-state index in [-0.39, 0.29) is 0 Å². The molecule has 0 N–H and O–H groups in total. The van der Waals surface area contributed by atoms with Crippen molar-refractivity contribution in [3.63, 3.8) is 0 Å². The summed E-state index contributed by atoms with van der Waals surface area (Å²) in [6.45, 7) is 0. The number of rotatable bonds is 4. The second-order valence-electron chi connectivity index (χ2n) is 17.0. The number of fused-ring (bicyclic) bond motifs is 15. The first-order valence-corrected chi connectivity index (χ1v) is 23.7. The lowest BCUT2D eigenvalue weighted by Crippen LogP contribution is -2.05. The predicted molar refractivity (Wildman–Crippen MR) is 279 cm³/mol. The summed E-state index contributed by atoms with van der Waals surface area (Å²) in [5.74, 6) is 1.84. The Kier molecular flexibility index (Phi) is 7.47. The summed E-state index contributed by atoms with van der Waals surface area (Å²) in [7, 11) is 0. The zero-order valence-corrected chi connectivity index (χ0v) is 36.6. The standard InChI is InChI=1S/C59H32N4OS2/c1-2-16-34-32-45-43(31-33(34)15-1)35-17-5-9-25-44(35)63(45)55-53-38-20-6-10-26-46(38)64-56(53)37-19-4-3-18-36(37)54(55)59-61-57(41-23-13-29-49-51(41)39-21-7-11-27-47(39)65-49)60-58(62-59)42-24-14-30-50-52(42)40-22-8-12-28-48(40)66-50/h1-32H. The molecule has 0 atom stereocenters. The van der Waals surface area contributed by atoms with Crippen LogP contribution in [0.15, 0.2) is 199 Å². The van der Waals surface area contributed by atoms with Crippen LogP contribution in [0.5, 0.6) is 0 Å². The van der Waals surface area contributed by atoms with Gasteiger partial charge in [0.1, 0.15) is 11.2 Å². The molecule has 10 aromatic carbocycles. The molecule has 0 saturated carbocycles. The highest BCUT2D eigenvalue weighted by molar-refractivity contribution is 7.26. The van der Waals surface area contributed by atoms with Crippen LogP contribution < -0.4 is 0 Å². The molecule has 0 fully saturated rings. The number of hydrogen-bond acceptors (Lipinski definition) is 6. The second-order valence-corrected chi connectivity index (χ2v) is 19.2. The van der Waals surface area contributed by atoms with Crippen LogP contribution in [-0.4, -0.2) is 19.5 Å². The van der Waals surface area contributed by atoms with Gasteiger partial charge in [0.25, 0.3) is 0 Å². The minimum atomic E-state index is 0.591. The number of aromatic nitrogens is 4. The van der Waals surface area contributed by atoms with Crippen LogP contribution in [0.3, 0.4) is 0 Å². The van der Waals surface area contributed by atoms with E-state index in [0.29, 0.717) is 17.5 Å². The molecule has 0 aliphatic heterocycles. The van der Waals surface area contributed by atoms with E-state index >= 15 is 0 Å². The van der Waals surface area contributed by atoms with Gasteiger partial charge in [0, 0.05) is 73.0 Å². The summed E-state index contributed by atoms with van der Waals surface area (Å²) >= 11 is 3.60. The maximum atomic E-state index is 6.97. The lowest BCUT2D eigenvalue weighted by atomic mass is 9.96. The molecule has 5 nitrogen and oxygen atoms in total. The van der Waals surface area contributed by atoms with Crippen molar-refractivity contribution in [2.45, 2.75) is 0 Å². The quantitative estimate of drug-likeness (QED) is 0.177. The van der Waals surface area contributed by atoms with Crippen LogP contribution in [0.4, 0.5) is 0 Å². The number of hydrogen-bond donors (Lipinski definition) is 0. The highest BCUT2D eigenvalue weighted by atomic mass is 32.1. The molecule has 5 heterocycles. The van der Waals surface area contributed by atoms with Crippen LogP contribution in [0.1, 0.15) is 0 Å². The monoisotopic (exact) mass is 876 g/mol. The molecule has 15 aromatic rings.